The van der Waals surface area contributed by atoms with E-state index in [0.29, 0.717) is 26.9 Å². The summed E-state index contributed by atoms with van der Waals surface area (Å²) in [4.78, 5) is 14.1. The second-order valence-electron chi connectivity index (χ2n) is 6.66. The second kappa shape index (κ2) is 7.87. The Bertz CT molecular complexity index is 1240. The third-order valence-electron chi connectivity index (χ3n) is 4.69. The highest BCUT2D eigenvalue weighted by Gasteiger charge is 2.50. The molecule has 8 heteroatoms. The zero-order chi connectivity index (χ0) is 21.5. The van der Waals surface area contributed by atoms with E-state index in [1.165, 1.54) is 35.2 Å². The largest absolute Gasteiger partial charge is 0.286 e. The maximum atomic E-state index is 13.4. The predicted octanol–water partition coefficient (Wildman–Crippen LogP) is 5.63. The molecule has 4 rings (SSSR count). The number of amides is 1. The van der Waals surface area contributed by atoms with E-state index in [2.05, 4.69) is 0 Å². The number of anilines is 1. The first kappa shape index (κ1) is 20.6. The van der Waals surface area contributed by atoms with Crippen molar-refractivity contribution >= 4 is 50.7 Å². The molecule has 0 N–H and O–H groups in total. The standard InChI is InChI=1S/C22H14Cl2FNO3S/c23-16-5-3-15(4-6-16)22-26(19-11-7-17(24)8-12-19)21(27)20(30(22,28)29)13-14-1-9-18(25)10-2-14/h1-13,22H/b20-13+/t22-/m1/s1. The Morgan fingerprint density at radius 3 is 1.93 bits per heavy atom. The smallest absolute Gasteiger partial charge is 0.271 e. The second-order valence-corrected chi connectivity index (χ2v) is 9.51. The monoisotopic (exact) mass is 461 g/mol. The number of benzene rings is 3. The van der Waals surface area contributed by atoms with Gasteiger partial charge in [-0.1, -0.05) is 47.5 Å². The predicted molar refractivity (Wildman–Crippen MR) is 116 cm³/mol. The summed E-state index contributed by atoms with van der Waals surface area (Å²) in [6, 6.07) is 17.8. The number of rotatable bonds is 3. The van der Waals surface area contributed by atoms with Crippen molar-refractivity contribution in [3.05, 3.63) is 105 Å². The Morgan fingerprint density at radius 2 is 1.37 bits per heavy atom. The van der Waals surface area contributed by atoms with Crippen LogP contribution in [0.1, 0.15) is 16.5 Å². The van der Waals surface area contributed by atoms with Crippen LogP contribution in [0.3, 0.4) is 0 Å². The molecular formula is C22H14Cl2FNO3S. The molecule has 1 atom stereocenters. The summed E-state index contributed by atoms with van der Waals surface area (Å²) in [5, 5.41) is -0.367. The van der Waals surface area contributed by atoms with Gasteiger partial charge in [0.25, 0.3) is 5.91 Å². The molecule has 1 heterocycles. The van der Waals surface area contributed by atoms with E-state index < -0.39 is 26.9 Å². The van der Waals surface area contributed by atoms with Crippen molar-refractivity contribution in [1.29, 1.82) is 0 Å². The summed E-state index contributed by atoms with van der Waals surface area (Å²) in [5.41, 5.74) is 1.18. The van der Waals surface area contributed by atoms with Gasteiger partial charge in [0.2, 0.25) is 9.84 Å². The lowest BCUT2D eigenvalue weighted by molar-refractivity contribution is -0.114. The van der Waals surface area contributed by atoms with Gasteiger partial charge in [0.1, 0.15) is 10.7 Å². The summed E-state index contributed by atoms with van der Waals surface area (Å²) >= 11 is 11.9. The van der Waals surface area contributed by atoms with Crippen molar-refractivity contribution in [2.45, 2.75) is 5.37 Å². The van der Waals surface area contributed by atoms with Gasteiger partial charge in [-0.05, 0) is 65.7 Å². The lowest BCUT2D eigenvalue weighted by Crippen LogP contribution is -2.28. The van der Waals surface area contributed by atoms with Crippen LogP contribution in [-0.4, -0.2) is 14.3 Å². The molecule has 3 aromatic rings. The Labute approximate surface area is 183 Å². The molecule has 1 amide bonds. The fraction of sp³-hybridized carbons (Fsp3) is 0.0455. The minimum atomic E-state index is -4.09. The average molecular weight is 462 g/mol. The number of sulfone groups is 1. The van der Waals surface area contributed by atoms with Gasteiger partial charge in [-0.15, -0.1) is 0 Å². The van der Waals surface area contributed by atoms with E-state index in [-0.39, 0.29) is 4.91 Å². The minimum Gasteiger partial charge on any atom is -0.286 e. The molecule has 4 nitrogen and oxygen atoms in total. The third-order valence-corrected chi connectivity index (χ3v) is 7.17. The number of hydrogen-bond donors (Lipinski definition) is 0. The molecule has 0 aliphatic carbocycles. The van der Waals surface area contributed by atoms with E-state index >= 15 is 0 Å². The summed E-state index contributed by atoms with van der Waals surface area (Å²) in [5.74, 6) is -1.14. The van der Waals surface area contributed by atoms with Crippen molar-refractivity contribution < 1.29 is 17.6 Å². The lowest BCUT2D eigenvalue weighted by atomic mass is 10.1. The maximum Gasteiger partial charge on any atom is 0.271 e. The van der Waals surface area contributed by atoms with Crippen molar-refractivity contribution in [3.63, 3.8) is 0 Å². The lowest BCUT2D eigenvalue weighted by Gasteiger charge is -2.23. The normalized spacial score (nSPS) is 19.4. The van der Waals surface area contributed by atoms with Crippen LogP contribution in [0.2, 0.25) is 10.0 Å². The Kier molecular flexibility index (Phi) is 5.40. The molecule has 0 bridgehead atoms. The van der Waals surface area contributed by atoms with Gasteiger partial charge >= 0.3 is 0 Å². The van der Waals surface area contributed by atoms with Gasteiger partial charge in [-0.2, -0.15) is 0 Å². The summed E-state index contributed by atoms with van der Waals surface area (Å²) < 4.78 is 40.1. The minimum absolute atomic E-state index is 0.371. The van der Waals surface area contributed by atoms with Crippen molar-refractivity contribution in [2.75, 3.05) is 4.90 Å². The van der Waals surface area contributed by atoms with Crippen LogP contribution < -0.4 is 4.90 Å². The van der Waals surface area contributed by atoms with Gasteiger partial charge in [0.15, 0.2) is 5.37 Å². The summed E-state index contributed by atoms with van der Waals surface area (Å²) in [6.07, 6.45) is 1.26. The van der Waals surface area contributed by atoms with E-state index in [4.69, 9.17) is 23.2 Å². The van der Waals surface area contributed by atoms with Crippen LogP contribution in [0.25, 0.3) is 6.08 Å². The fourth-order valence-electron chi connectivity index (χ4n) is 3.27. The SMILES string of the molecule is O=C1/C(=C\c2ccc(F)cc2)S(=O)(=O)[C@H](c2ccc(Cl)cc2)N1c1ccc(Cl)cc1. The quantitative estimate of drug-likeness (QED) is 0.474. The van der Waals surface area contributed by atoms with E-state index in [1.54, 1.807) is 48.5 Å². The number of carbonyl (C=O) groups is 1. The van der Waals surface area contributed by atoms with Gasteiger partial charge < -0.3 is 0 Å². The molecule has 1 saturated heterocycles. The molecule has 1 aliphatic heterocycles. The molecule has 0 radical (unpaired) electrons. The van der Waals surface area contributed by atoms with Crippen LogP contribution in [0.15, 0.2) is 77.7 Å². The topological polar surface area (TPSA) is 54.5 Å². The average Bonchev–Trinajstić information content (AvgIpc) is 2.91. The summed E-state index contributed by atoms with van der Waals surface area (Å²) in [7, 11) is -4.09. The highest BCUT2D eigenvalue weighted by atomic mass is 35.5. The molecule has 0 saturated carbocycles. The maximum absolute atomic E-state index is 13.4. The molecule has 3 aromatic carbocycles. The van der Waals surface area contributed by atoms with Crippen LogP contribution >= 0.6 is 23.2 Å². The summed E-state index contributed by atoms with van der Waals surface area (Å²) in [6.45, 7) is 0. The van der Waals surface area contributed by atoms with Crippen LogP contribution in [0.5, 0.6) is 0 Å². The van der Waals surface area contributed by atoms with E-state index in [9.17, 15) is 17.6 Å². The van der Waals surface area contributed by atoms with Crippen LogP contribution in [0, 0.1) is 5.82 Å². The first-order chi connectivity index (χ1) is 14.3. The number of halogens is 3. The van der Waals surface area contributed by atoms with Gasteiger partial charge in [0.05, 0.1) is 0 Å². The van der Waals surface area contributed by atoms with Gasteiger partial charge in [-0.3, -0.25) is 9.69 Å². The molecular weight excluding hydrogens is 448 g/mol. The molecule has 1 aliphatic rings. The van der Waals surface area contributed by atoms with Gasteiger partial charge in [-0.25, -0.2) is 12.8 Å². The molecule has 30 heavy (non-hydrogen) atoms. The molecule has 0 aromatic heterocycles. The highest BCUT2D eigenvalue weighted by Crippen LogP contribution is 2.43. The van der Waals surface area contributed by atoms with Crippen molar-refractivity contribution in [2.24, 2.45) is 0 Å². The highest BCUT2D eigenvalue weighted by molar-refractivity contribution is 7.97. The Balaban J connectivity index is 1.90. The molecule has 0 unspecified atom stereocenters. The van der Waals surface area contributed by atoms with Gasteiger partial charge in [0, 0.05) is 15.7 Å². The fourth-order valence-corrected chi connectivity index (χ4v) is 5.42. The number of nitrogens with zero attached hydrogens (tertiary/aromatic N) is 1. The van der Waals surface area contributed by atoms with Crippen molar-refractivity contribution in [1.82, 2.24) is 0 Å². The van der Waals surface area contributed by atoms with E-state index in [1.807, 2.05) is 0 Å². The van der Waals surface area contributed by atoms with Crippen molar-refractivity contribution in [3.8, 4) is 0 Å². The first-order valence-corrected chi connectivity index (χ1v) is 11.1. The Hall–Kier alpha value is -2.67. The molecule has 1 fully saturated rings. The number of hydrogen-bond acceptors (Lipinski definition) is 3. The zero-order valence-corrected chi connectivity index (χ0v) is 17.6. The van der Waals surface area contributed by atoms with E-state index in [0.717, 1.165) is 0 Å². The first-order valence-electron chi connectivity index (χ1n) is 8.83. The van der Waals surface area contributed by atoms with Crippen LogP contribution in [-0.2, 0) is 14.6 Å². The Morgan fingerprint density at radius 1 is 0.833 bits per heavy atom. The third kappa shape index (κ3) is 3.74. The number of carbonyl (C=O) groups excluding carboxylic acids is 1. The van der Waals surface area contributed by atoms with Crippen LogP contribution in [0.4, 0.5) is 10.1 Å². The molecule has 0 spiro atoms. The zero-order valence-electron chi connectivity index (χ0n) is 15.3. The molecule has 152 valence electrons.